The largest absolute Gasteiger partial charge is 0.359 e. The van der Waals surface area contributed by atoms with Crippen LogP contribution in [-0.4, -0.2) is 62.4 Å². The molecule has 2 atom stereocenters. The number of carbonyl (C=O) groups excluding carboxylic acids is 2. The molecular formula is C12H21N3O4S. The van der Waals surface area contributed by atoms with E-state index in [1.54, 1.807) is 4.90 Å². The van der Waals surface area contributed by atoms with Gasteiger partial charge in [-0.05, 0) is 12.8 Å². The predicted octanol–water partition coefficient (Wildman–Crippen LogP) is -0.516. The summed E-state index contributed by atoms with van der Waals surface area (Å²) in [7, 11) is -3.01. The quantitative estimate of drug-likeness (QED) is 0.358. The minimum atomic E-state index is -3.01. The van der Waals surface area contributed by atoms with Crippen molar-refractivity contribution in [1.29, 1.82) is 0 Å². The molecule has 0 unspecified atom stereocenters. The van der Waals surface area contributed by atoms with Gasteiger partial charge in [-0.1, -0.05) is 12.8 Å². The number of amides is 3. The number of sulfone groups is 1. The number of hydrogen-bond donors (Lipinski definition) is 2. The Morgan fingerprint density at radius 3 is 2.75 bits per heavy atom. The number of unbranched alkanes of at least 4 members (excludes halogenated alkanes) is 3. The minimum absolute atomic E-state index is 0.0667. The monoisotopic (exact) mass is 303 g/mol. The topological polar surface area (TPSA) is 95.6 Å². The summed E-state index contributed by atoms with van der Waals surface area (Å²) in [6.45, 7) is 1.28. The number of carbonyl (C=O) groups is 2. The summed E-state index contributed by atoms with van der Waals surface area (Å²) in [6.07, 6.45) is 4.43. The lowest BCUT2D eigenvalue weighted by molar-refractivity contribution is -0.109. The molecule has 0 bridgehead atoms. The predicted molar refractivity (Wildman–Crippen MR) is 74.0 cm³/mol. The third kappa shape index (κ3) is 3.62. The molecule has 0 aromatic heterocycles. The average molecular weight is 303 g/mol. The molecule has 114 valence electrons. The summed E-state index contributed by atoms with van der Waals surface area (Å²) in [5.41, 5.74) is 0. The Morgan fingerprint density at radius 1 is 1.25 bits per heavy atom. The van der Waals surface area contributed by atoms with Crippen molar-refractivity contribution in [3.63, 3.8) is 0 Å². The zero-order valence-electron chi connectivity index (χ0n) is 11.4. The van der Waals surface area contributed by atoms with Crippen molar-refractivity contribution in [2.75, 3.05) is 24.6 Å². The van der Waals surface area contributed by atoms with Gasteiger partial charge in [0.15, 0.2) is 9.84 Å². The highest BCUT2D eigenvalue weighted by molar-refractivity contribution is 7.91. The molecule has 2 saturated heterocycles. The van der Waals surface area contributed by atoms with Gasteiger partial charge in [-0.2, -0.15) is 0 Å². The van der Waals surface area contributed by atoms with Crippen molar-refractivity contribution in [2.45, 2.75) is 37.8 Å². The molecule has 7 nitrogen and oxygen atoms in total. The Kier molecular flexibility index (Phi) is 4.85. The molecule has 2 fully saturated rings. The van der Waals surface area contributed by atoms with Crippen molar-refractivity contribution in [3.05, 3.63) is 0 Å². The van der Waals surface area contributed by atoms with E-state index in [0.717, 1.165) is 25.7 Å². The summed E-state index contributed by atoms with van der Waals surface area (Å²) in [5, 5.41) is 5.35. The van der Waals surface area contributed by atoms with Gasteiger partial charge < -0.3 is 15.5 Å². The van der Waals surface area contributed by atoms with Crippen LogP contribution in [-0.2, 0) is 14.6 Å². The highest BCUT2D eigenvalue weighted by Gasteiger charge is 2.48. The third-order valence-corrected chi connectivity index (χ3v) is 5.56. The molecule has 0 saturated carbocycles. The van der Waals surface area contributed by atoms with Crippen molar-refractivity contribution < 1.29 is 18.0 Å². The number of urea groups is 1. The van der Waals surface area contributed by atoms with Crippen LogP contribution in [0.1, 0.15) is 25.7 Å². The van der Waals surface area contributed by atoms with E-state index >= 15 is 0 Å². The van der Waals surface area contributed by atoms with Gasteiger partial charge in [0.25, 0.3) is 0 Å². The maximum Gasteiger partial charge on any atom is 0.318 e. The fraction of sp³-hybridized carbons (Fsp3) is 0.833. The Hall–Kier alpha value is -1.31. The number of rotatable bonds is 8. The van der Waals surface area contributed by atoms with Crippen LogP contribution in [0, 0.1) is 0 Å². The van der Waals surface area contributed by atoms with Crippen LogP contribution in [0.5, 0.6) is 0 Å². The summed E-state index contributed by atoms with van der Waals surface area (Å²) in [6, 6.07) is -0.564. The van der Waals surface area contributed by atoms with Gasteiger partial charge in [-0.3, -0.25) is 4.79 Å². The van der Waals surface area contributed by atoms with Gasteiger partial charge >= 0.3 is 6.03 Å². The first kappa shape index (κ1) is 15.1. The lowest BCUT2D eigenvalue weighted by atomic mass is 10.1. The molecule has 0 aromatic carbocycles. The Balaban J connectivity index is 1.70. The Morgan fingerprint density at radius 2 is 2.00 bits per heavy atom. The van der Waals surface area contributed by atoms with Gasteiger partial charge in [0, 0.05) is 13.1 Å². The van der Waals surface area contributed by atoms with E-state index in [1.165, 1.54) is 0 Å². The average Bonchev–Trinajstić information content (AvgIpc) is 2.80. The molecule has 0 radical (unpaired) electrons. The first-order valence-corrected chi connectivity index (χ1v) is 8.80. The molecule has 8 heteroatoms. The molecule has 20 heavy (non-hydrogen) atoms. The van der Waals surface area contributed by atoms with E-state index in [-0.39, 0.29) is 29.6 Å². The van der Waals surface area contributed by atoms with E-state index in [9.17, 15) is 18.0 Å². The van der Waals surface area contributed by atoms with E-state index in [1.807, 2.05) is 0 Å². The molecule has 0 aromatic rings. The van der Waals surface area contributed by atoms with E-state index < -0.39 is 9.84 Å². The fourth-order valence-corrected chi connectivity index (χ4v) is 4.78. The third-order valence-electron chi connectivity index (χ3n) is 3.85. The van der Waals surface area contributed by atoms with Gasteiger partial charge in [0.05, 0.1) is 23.6 Å². The summed E-state index contributed by atoms with van der Waals surface area (Å²) >= 11 is 0. The van der Waals surface area contributed by atoms with Crippen LogP contribution < -0.4 is 10.6 Å². The highest BCUT2D eigenvalue weighted by atomic mass is 32.2. The molecule has 2 aliphatic rings. The first-order chi connectivity index (χ1) is 9.53. The van der Waals surface area contributed by atoms with Crippen molar-refractivity contribution in [3.8, 4) is 0 Å². The highest BCUT2D eigenvalue weighted by Crippen LogP contribution is 2.24. The van der Waals surface area contributed by atoms with Crippen LogP contribution >= 0.6 is 0 Å². The van der Waals surface area contributed by atoms with Crippen LogP contribution in [0.2, 0.25) is 0 Å². The van der Waals surface area contributed by atoms with Gasteiger partial charge in [-0.15, -0.1) is 0 Å². The summed E-state index contributed by atoms with van der Waals surface area (Å²) < 4.78 is 23.1. The summed E-state index contributed by atoms with van der Waals surface area (Å²) in [5.74, 6) is 0.150. The van der Waals surface area contributed by atoms with Crippen LogP contribution in [0.4, 0.5) is 4.79 Å². The Bertz CT molecular complexity index is 465. The SMILES string of the molecule is O=CNCCCCCCN1C(=O)N[C@@H]2CS(=O)(=O)C[C@@H]21. The first-order valence-electron chi connectivity index (χ1n) is 6.98. The van der Waals surface area contributed by atoms with E-state index in [0.29, 0.717) is 19.5 Å². The maximum atomic E-state index is 11.8. The van der Waals surface area contributed by atoms with Gasteiger partial charge in [0.1, 0.15) is 0 Å². The number of fused-ring (bicyclic) bond motifs is 1. The van der Waals surface area contributed by atoms with Crippen LogP contribution in [0.3, 0.4) is 0 Å². The van der Waals surface area contributed by atoms with Crippen LogP contribution in [0.25, 0.3) is 0 Å². The van der Waals surface area contributed by atoms with Gasteiger partial charge in [0.2, 0.25) is 6.41 Å². The molecule has 2 heterocycles. The number of nitrogens with one attached hydrogen (secondary N) is 2. The summed E-state index contributed by atoms with van der Waals surface area (Å²) in [4.78, 5) is 23.5. The van der Waals surface area contributed by atoms with Crippen molar-refractivity contribution >= 4 is 22.3 Å². The smallest absolute Gasteiger partial charge is 0.318 e. The number of hydrogen-bond acceptors (Lipinski definition) is 4. The molecular weight excluding hydrogens is 282 g/mol. The zero-order chi connectivity index (χ0) is 14.6. The fourth-order valence-electron chi connectivity index (χ4n) is 2.86. The Labute approximate surface area is 119 Å². The second-order valence-electron chi connectivity index (χ2n) is 5.38. The molecule has 0 aliphatic carbocycles. The molecule has 2 aliphatic heterocycles. The van der Waals surface area contributed by atoms with Crippen molar-refractivity contribution in [1.82, 2.24) is 15.5 Å². The lowest BCUT2D eigenvalue weighted by Gasteiger charge is -2.21. The lowest BCUT2D eigenvalue weighted by Crippen LogP contribution is -2.37. The maximum absolute atomic E-state index is 11.8. The van der Waals surface area contributed by atoms with Gasteiger partial charge in [-0.25, -0.2) is 13.2 Å². The number of nitrogens with zero attached hydrogens (tertiary/aromatic N) is 1. The van der Waals surface area contributed by atoms with Crippen molar-refractivity contribution in [2.24, 2.45) is 0 Å². The molecule has 2 N–H and O–H groups in total. The minimum Gasteiger partial charge on any atom is -0.359 e. The molecule has 0 spiro atoms. The standard InChI is InChI=1S/C12H21N3O4S/c16-9-13-5-3-1-2-4-6-15-11-8-20(18,19)7-10(11)14-12(15)17/h9-11H,1-8H2,(H,13,16)(H,14,17)/t10-,11+/m1/s1. The normalized spacial score (nSPS) is 27.2. The molecule has 2 rings (SSSR count). The second-order valence-corrected chi connectivity index (χ2v) is 7.53. The van der Waals surface area contributed by atoms with E-state index in [2.05, 4.69) is 10.6 Å². The zero-order valence-corrected chi connectivity index (χ0v) is 12.2. The van der Waals surface area contributed by atoms with Crippen LogP contribution in [0.15, 0.2) is 0 Å². The second kappa shape index (κ2) is 6.43. The molecule has 3 amide bonds. The van der Waals surface area contributed by atoms with E-state index in [4.69, 9.17) is 0 Å².